The molecule has 0 bridgehead atoms. The second kappa shape index (κ2) is 2.54. The Morgan fingerprint density at radius 3 is 2.80 bits per heavy atom. The third-order valence-electron chi connectivity index (χ3n) is 2.49. The molecule has 1 rings (SSSR count). The van der Waals surface area contributed by atoms with Crippen molar-refractivity contribution in [2.75, 3.05) is 0 Å². The third-order valence-corrected chi connectivity index (χ3v) is 2.49. The summed E-state index contributed by atoms with van der Waals surface area (Å²) in [6.45, 7) is 1.73. The largest absolute Gasteiger partial charge is 0.390 e. The van der Waals surface area contributed by atoms with Gasteiger partial charge in [0, 0.05) is 4.11 Å². The van der Waals surface area contributed by atoms with Gasteiger partial charge in [-0.15, -0.1) is 0 Å². The average Bonchev–Trinajstić information content (AvgIpc) is 2.30. The fraction of sp³-hybridized carbons (Fsp3) is 1.00. The highest BCUT2D eigenvalue weighted by Gasteiger charge is 2.37. The molecule has 60 valence electrons. The Balaban J connectivity index is 2.88. The van der Waals surface area contributed by atoms with Crippen molar-refractivity contribution in [2.24, 2.45) is 11.8 Å². The maximum absolute atomic E-state index is 10.1. The monoisotopic (exact) mass is 145 g/mol. The summed E-state index contributed by atoms with van der Waals surface area (Å²) in [6, 6.07) is 0. The molecule has 1 aliphatic rings. The molecule has 1 aliphatic carbocycles. The number of hydrogen-bond donors (Lipinski definition) is 1. The van der Waals surface area contributed by atoms with Crippen LogP contribution >= 0.6 is 0 Å². The molecule has 1 saturated carbocycles. The van der Waals surface area contributed by atoms with E-state index in [9.17, 15) is 5.11 Å². The molecule has 0 spiro atoms. The summed E-state index contributed by atoms with van der Waals surface area (Å²) in [5, 5.41) is 10.1. The average molecular weight is 145 g/mol. The fourth-order valence-corrected chi connectivity index (χ4v) is 1.90. The van der Waals surface area contributed by atoms with Gasteiger partial charge in [-0.1, -0.05) is 20.3 Å². The van der Waals surface area contributed by atoms with Gasteiger partial charge >= 0.3 is 0 Å². The zero-order valence-electron chi connectivity index (χ0n) is 9.72. The van der Waals surface area contributed by atoms with E-state index in [4.69, 9.17) is 4.11 Å². The molecule has 0 aromatic rings. The highest BCUT2D eigenvalue weighted by molar-refractivity contribution is 4.89. The van der Waals surface area contributed by atoms with Gasteiger partial charge in [0.05, 0.1) is 5.60 Å². The maximum atomic E-state index is 10.1. The first-order valence-electron chi connectivity index (χ1n) is 5.51. The predicted molar refractivity (Wildman–Crippen MR) is 42.8 cm³/mol. The van der Waals surface area contributed by atoms with Crippen LogP contribution in [0, 0.1) is 11.8 Å². The summed E-state index contributed by atoms with van der Waals surface area (Å²) < 4.78 is 22.0. The van der Waals surface area contributed by atoms with E-state index >= 15 is 0 Å². The summed E-state index contributed by atoms with van der Waals surface area (Å²) in [7, 11) is 0. The van der Waals surface area contributed by atoms with Crippen molar-refractivity contribution in [3.63, 3.8) is 0 Å². The van der Waals surface area contributed by atoms with E-state index in [0.29, 0.717) is 6.42 Å². The molecule has 1 heteroatoms. The van der Waals surface area contributed by atoms with Gasteiger partial charge < -0.3 is 5.11 Å². The van der Waals surface area contributed by atoms with Crippen LogP contribution in [-0.2, 0) is 0 Å². The molecule has 0 radical (unpaired) electrons. The van der Waals surface area contributed by atoms with Gasteiger partial charge in [-0.2, -0.15) is 0 Å². The zero-order chi connectivity index (χ0) is 10.3. The molecule has 0 unspecified atom stereocenters. The summed E-state index contributed by atoms with van der Waals surface area (Å²) in [5.74, 6) is 0.174. The van der Waals surface area contributed by atoms with Gasteiger partial charge in [-0.3, -0.25) is 0 Å². The molecule has 0 aliphatic heterocycles. The van der Waals surface area contributed by atoms with Gasteiger partial charge in [0.1, 0.15) is 0 Å². The minimum absolute atomic E-state index is 0.0694. The normalized spacial score (nSPS) is 46.8. The molecule has 0 aromatic carbocycles. The minimum Gasteiger partial charge on any atom is -0.390 e. The molecule has 1 nitrogen and oxygen atoms in total. The molecular weight excluding hydrogens is 124 g/mol. The van der Waals surface area contributed by atoms with Crippen molar-refractivity contribution in [3.05, 3.63) is 0 Å². The summed E-state index contributed by atoms with van der Waals surface area (Å²) >= 11 is 0. The maximum Gasteiger partial charge on any atom is 0.0650 e. The van der Waals surface area contributed by atoms with Crippen LogP contribution in [0.5, 0.6) is 0 Å². The Labute approximate surface area is 67.7 Å². The van der Waals surface area contributed by atoms with Crippen LogP contribution in [0.25, 0.3) is 0 Å². The van der Waals surface area contributed by atoms with Crippen molar-refractivity contribution >= 4 is 0 Å². The quantitative estimate of drug-likeness (QED) is 0.599. The van der Waals surface area contributed by atoms with Crippen LogP contribution in [-0.4, -0.2) is 10.7 Å². The van der Waals surface area contributed by atoms with Crippen LogP contribution in [0.15, 0.2) is 0 Å². The zero-order valence-corrected chi connectivity index (χ0v) is 6.72. The van der Waals surface area contributed by atoms with Gasteiger partial charge in [-0.05, 0) is 31.5 Å². The Bertz CT molecular complexity index is 188. The molecule has 0 amide bonds. The van der Waals surface area contributed by atoms with Crippen LogP contribution in [0.3, 0.4) is 0 Å². The van der Waals surface area contributed by atoms with Crippen molar-refractivity contribution in [1.82, 2.24) is 0 Å². The van der Waals surface area contributed by atoms with E-state index in [1.807, 2.05) is 13.8 Å². The van der Waals surface area contributed by atoms with E-state index in [2.05, 4.69) is 0 Å². The predicted octanol–water partition coefficient (Wildman–Crippen LogP) is 2.19. The van der Waals surface area contributed by atoms with E-state index in [1.54, 1.807) is 0 Å². The second-order valence-corrected chi connectivity index (χ2v) is 3.67. The molecule has 1 N–H and O–H groups in total. The van der Waals surface area contributed by atoms with Crippen molar-refractivity contribution in [2.45, 2.75) is 45.6 Å². The van der Waals surface area contributed by atoms with Crippen LogP contribution in [0.4, 0.5) is 0 Å². The molecule has 10 heavy (non-hydrogen) atoms. The lowest BCUT2D eigenvalue weighted by Crippen LogP contribution is -2.32. The number of rotatable bonds is 1. The minimum atomic E-state index is -2.22. The Morgan fingerprint density at radius 1 is 1.70 bits per heavy atom. The van der Waals surface area contributed by atoms with E-state index in [-0.39, 0.29) is 11.8 Å². The van der Waals surface area contributed by atoms with Crippen LogP contribution in [0.2, 0.25) is 0 Å². The van der Waals surface area contributed by atoms with Crippen LogP contribution in [0.1, 0.15) is 44.1 Å². The van der Waals surface area contributed by atoms with Gasteiger partial charge in [0.15, 0.2) is 0 Å². The van der Waals surface area contributed by atoms with E-state index in [0.717, 1.165) is 12.8 Å². The van der Waals surface area contributed by atoms with Crippen molar-refractivity contribution in [3.8, 4) is 0 Å². The standard InChI is InChI=1S/C9H18O/c1-7(2)8-5-4-6-9(8,3)10/h7-8,10H,4-6H2,1-3H3/t8-,9+/m1/s1/i3D3. The highest BCUT2D eigenvalue weighted by atomic mass is 16.3. The van der Waals surface area contributed by atoms with E-state index in [1.165, 1.54) is 0 Å². The van der Waals surface area contributed by atoms with Gasteiger partial charge in [0.2, 0.25) is 0 Å². The van der Waals surface area contributed by atoms with Gasteiger partial charge in [0.25, 0.3) is 0 Å². The second-order valence-electron chi connectivity index (χ2n) is 3.67. The Kier molecular flexibility index (Phi) is 1.21. The molecule has 0 saturated heterocycles. The third kappa shape index (κ3) is 1.34. The summed E-state index contributed by atoms with van der Waals surface area (Å²) in [4.78, 5) is 0. The molecular formula is C9H18O. The fourth-order valence-electron chi connectivity index (χ4n) is 1.90. The Hall–Kier alpha value is -0.0400. The smallest absolute Gasteiger partial charge is 0.0650 e. The first kappa shape index (κ1) is 4.76. The molecule has 2 atom stereocenters. The lowest BCUT2D eigenvalue weighted by Gasteiger charge is -2.28. The van der Waals surface area contributed by atoms with Crippen molar-refractivity contribution in [1.29, 1.82) is 0 Å². The topological polar surface area (TPSA) is 20.2 Å². The highest BCUT2D eigenvalue weighted by Crippen LogP contribution is 2.39. The first-order chi connectivity index (χ1) is 5.79. The SMILES string of the molecule is [2H]C([2H])([2H])[C@]1(O)CCC[C@@H]1C(C)C. The molecule has 1 fully saturated rings. The Morgan fingerprint density at radius 2 is 2.40 bits per heavy atom. The number of aliphatic hydroxyl groups is 1. The van der Waals surface area contributed by atoms with Crippen molar-refractivity contribution < 1.29 is 9.22 Å². The first-order valence-corrected chi connectivity index (χ1v) is 4.01. The van der Waals surface area contributed by atoms with Gasteiger partial charge in [-0.25, -0.2) is 0 Å². The molecule has 0 heterocycles. The lowest BCUT2D eigenvalue weighted by atomic mass is 9.84. The lowest BCUT2D eigenvalue weighted by molar-refractivity contribution is 0.00296. The van der Waals surface area contributed by atoms with Crippen LogP contribution < -0.4 is 0 Å². The number of hydrogen-bond acceptors (Lipinski definition) is 1. The summed E-state index contributed by atoms with van der Waals surface area (Å²) in [6.07, 6.45) is 2.09. The summed E-state index contributed by atoms with van der Waals surface area (Å²) in [5.41, 5.74) is -1.43. The van der Waals surface area contributed by atoms with E-state index < -0.39 is 12.5 Å². The molecule has 0 aromatic heterocycles.